The SMILES string of the molecule is CCN(Cc1ccc(OC)cc1)C(=O)c1nn(-c2ccccc2)c(=O)c2ccccc12. The van der Waals surface area contributed by atoms with Gasteiger partial charge in [0.1, 0.15) is 5.75 Å². The molecule has 0 atom stereocenters. The first-order valence-corrected chi connectivity index (χ1v) is 10.1. The van der Waals surface area contributed by atoms with E-state index in [0.717, 1.165) is 11.3 Å². The van der Waals surface area contributed by atoms with Crippen molar-refractivity contribution in [2.24, 2.45) is 0 Å². The van der Waals surface area contributed by atoms with E-state index in [-0.39, 0.29) is 17.2 Å². The Bertz CT molecular complexity index is 1260. The smallest absolute Gasteiger partial charge is 0.279 e. The number of nitrogens with zero attached hydrogens (tertiary/aromatic N) is 3. The summed E-state index contributed by atoms with van der Waals surface area (Å²) in [6.07, 6.45) is 0. The minimum absolute atomic E-state index is 0.223. The van der Waals surface area contributed by atoms with Crippen LogP contribution >= 0.6 is 0 Å². The Kier molecular flexibility index (Phi) is 5.80. The Balaban J connectivity index is 1.78. The largest absolute Gasteiger partial charge is 0.497 e. The van der Waals surface area contributed by atoms with Crippen molar-refractivity contribution in [2.45, 2.75) is 13.5 Å². The number of hydrogen-bond donors (Lipinski definition) is 0. The van der Waals surface area contributed by atoms with Crippen molar-refractivity contribution in [1.82, 2.24) is 14.7 Å². The first-order chi connectivity index (χ1) is 15.1. The van der Waals surface area contributed by atoms with Gasteiger partial charge >= 0.3 is 0 Å². The number of hydrogen-bond acceptors (Lipinski definition) is 4. The van der Waals surface area contributed by atoms with Crippen LogP contribution < -0.4 is 10.3 Å². The van der Waals surface area contributed by atoms with E-state index < -0.39 is 0 Å². The average molecular weight is 413 g/mol. The van der Waals surface area contributed by atoms with Crippen LogP contribution in [0.5, 0.6) is 5.75 Å². The Morgan fingerprint density at radius 3 is 2.23 bits per heavy atom. The molecule has 0 bridgehead atoms. The lowest BCUT2D eigenvalue weighted by Crippen LogP contribution is -2.33. The maximum atomic E-state index is 13.5. The van der Waals surface area contributed by atoms with E-state index in [9.17, 15) is 9.59 Å². The van der Waals surface area contributed by atoms with E-state index >= 15 is 0 Å². The first kappa shape index (κ1) is 20.3. The van der Waals surface area contributed by atoms with Crippen molar-refractivity contribution in [1.29, 1.82) is 0 Å². The van der Waals surface area contributed by atoms with Gasteiger partial charge in [0.2, 0.25) is 0 Å². The van der Waals surface area contributed by atoms with Crippen molar-refractivity contribution in [3.05, 3.63) is 100 Å². The molecule has 0 fully saturated rings. The number of carbonyl (C=O) groups excluding carboxylic acids is 1. The van der Waals surface area contributed by atoms with Gasteiger partial charge < -0.3 is 9.64 Å². The topological polar surface area (TPSA) is 64.4 Å². The van der Waals surface area contributed by atoms with E-state index in [1.807, 2.05) is 55.5 Å². The van der Waals surface area contributed by atoms with E-state index in [2.05, 4.69) is 5.10 Å². The quantitative estimate of drug-likeness (QED) is 0.478. The number of ether oxygens (including phenoxy) is 1. The molecule has 0 aliphatic rings. The number of rotatable bonds is 6. The molecule has 1 heterocycles. The predicted octanol–water partition coefficient (Wildman–Crippen LogP) is 4.06. The molecule has 31 heavy (non-hydrogen) atoms. The lowest BCUT2D eigenvalue weighted by molar-refractivity contribution is 0.0747. The number of para-hydroxylation sites is 1. The van der Waals surface area contributed by atoms with Crippen LogP contribution in [0.15, 0.2) is 83.7 Å². The van der Waals surface area contributed by atoms with Gasteiger partial charge in [-0.3, -0.25) is 9.59 Å². The molecule has 0 spiro atoms. The molecule has 6 nitrogen and oxygen atoms in total. The highest BCUT2D eigenvalue weighted by molar-refractivity contribution is 6.04. The number of carbonyl (C=O) groups is 1. The molecular formula is C25H23N3O3. The number of amides is 1. The van der Waals surface area contributed by atoms with Crippen molar-refractivity contribution < 1.29 is 9.53 Å². The summed E-state index contributed by atoms with van der Waals surface area (Å²) in [6, 6.07) is 23.9. The zero-order valence-electron chi connectivity index (χ0n) is 17.5. The molecule has 0 unspecified atom stereocenters. The van der Waals surface area contributed by atoms with Gasteiger partial charge in [-0.1, -0.05) is 48.5 Å². The maximum Gasteiger partial charge on any atom is 0.279 e. The van der Waals surface area contributed by atoms with E-state index in [1.165, 1.54) is 4.68 Å². The Morgan fingerprint density at radius 2 is 1.58 bits per heavy atom. The second kappa shape index (κ2) is 8.83. The van der Waals surface area contributed by atoms with Crippen LogP contribution in [0.3, 0.4) is 0 Å². The van der Waals surface area contributed by atoms with Crippen LogP contribution in [0.4, 0.5) is 0 Å². The van der Waals surface area contributed by atoms with Gasteiger partial charge in [0.25, 0.3) is 11.5 Å². The molecular weight excluding hydrogens is 390 g/mol. The summed E-state index contributed by atoms with van der Waals surface area (Å²) in [6.45, 7) is 2.86. The highest BCUT2D eigenvalue weighted by atomic mass is 16.5. The third-order valence-corrected chi connectivity index (χ3v) is 5.21. The van der Waals surface area contributed by atoms with E-state index in [1.54, 1.807) is 42.3 Å². The summed E-state index contributed by atoms with van der Waals surface area (Å²) in [7, 11) is 1.62. The Labute approximate surface area is 180 Å². The average Bonchev–Trinajstić information content (AvgIpc) is 2.83. The van der Waals surface area contributed by atoms with Gasteiger partial charge in [-0.25, -0.2) is 0 Å². The van der Waals surface area contributed by atoms with Crippen molar-refractivity contribution >= 4 is 16.7 Å². The van der Waals surface area contributed by atoms with Crippen molar-refractivity contribution in [2.75, 3.05) is 13.7 Å². The minimum Gasteiger partial charge on any atom is -0.497 e. The predicted molar refractivity (Wildman–Crippen MR) is 121 cm³/mol. The molecule has 0 aliphatic carbocycles. The Hall–Kier alpha value is -3.93. The number of benzene rings is 3. The van der Waals surface area contributed by atoms with E-state index in [0.29, 0.717) is 29.5 Å². The molecule has 0 radical (unpaired) electrons. The molecule has 0 saturated heterocycles. The summed E-state index contributed by atoms with van der Waals surface area (Å²) in [5.41, 5.74) is 1.60. The highest BCUT2D eigenvalue weighted by Gasteiger charge is 2.22. The lowest BCUT2D eigenvalue weighted by Gasteiger charge is -2.22. The summed E-state index contributed by atoms with van der Waals surface area (Å²) in [5.74, 6) is 0.542. The van der Waals surface area contributed by atoms with Crippen LogP contribution in [0.25, 0.3) is 16.5 Å². The maximum absolute atomic E-state index is 13.5. The molecule has 0 N–H and O–H groups in total. The van der Waals surface area contributed by atoms with Crippen molar-refractivity contribution in [3.63, 3.8) is 0 Å². The Morgan fingerprint density at radius 1 is 0.935 bits per heavy atom. The van der Waals surface area contributed by atoms with Gasteiger partial charge in [0.05, 0.1) is 18.2 Å². The molecule has 6 heteroatoms. The monoisotopic (exact) mass is 413 g/mol. The zero-order chi connectivity index (χ0) is 21.8. The van der Waals surface area contributed by atoms with Crippen LogP contribution in [0, 0.1) is 0 Å². The third kappa shape index (κ3) is 4.05. The van der Waals surface area contributed by atoms with Crippen LogP contribution in [-0.2, 0) is 6.54 Å². The van der Waals surface area contributed by atoms with E-state index in [4.69, 9.17) is 4.74 Å². The molecule has 0 saturated carbocycles. The molecule has 1 aromatic heterocycles. The fourth-order valence-electron chi connectivity index (χ4n) is 3.52. The van der Waals surface area contributed by atoms with Gasteiger partial charge in [-0.05, 0) is 42.8 Å². The minimum atomic E-state index is -0.253. The van der Waals surface area contributed by atoms with Crippen LogP contribution in [-0.4, -0.2) is 34.2 Å². The first-order valence-electron chi connectivity index (χ1n) is 10.1. The molecule has 156 valence electrons. The molecule has 1 amide bonds. The van der Waals surface area contributed by atoms with Gasteiger partial charge in [0.15, 0.2) is 5.69 Å². The molecule has 4 rings (SSSR count). The summed E-state index contributed by atoms with van der Waals surface area (Å²) >= 11 is 0. The second-order valence-corrected chi connectivity index (χ2v) is 7.11. The van der Waals surface area contributed by atoms with Crippen molar-refractivity contribution in [3.8, 4) is 11.4 Å². The van der Waals surface area contributed by atoms with Crippen LogP contribution in [0.2, 0.25) is 0 Å². The third-order valence-electron chi connectivity index (χ3n) is 5.21. The zero-order valence-corrected chi connectivity index (χ0v) is 17.5. The fraction of sp³-hybridized carbons (Fsp3) is 0.160. The van der Waals surface area contributed by atoms with Gasteiger partial charge in [-0.15, -0.1) is 0 Å². The number of methoxy groups -OCH3 is 1. The summed E-state index contributed by atoms with van der Waals surface area (Å²) in [4.78, 5) is 28.3. The normalized spacial score (nSPS) is 10.8. The summed E-state index contributed by atoms with van der Waals surface area (Å²) in [5, 5.41) is 5.52. The molecule has 4 aromatic rings. The number of aromatic nitrogens is 2. The number of fused-ring (bicyclic) bond motifs is 1. The molecule has 0 aliphatic heterocycles. The summed E-state index contributed by atoms with van der Waals surface area (Å²) < 4.78 is 6.51. The van der Waals surface area contributed by atoms with Crippen LogP contribution in [0.1, 0.15) is 23.0 Å². The standard InChI is InChI=1S/C25H23N3O3/c1-3-27(17-18-13-15-20(31-2)16-14-18)25(30)23-21-11-7-8-12-22(21)24(29)28(26-23)19-9-5-4-6-10-19/h4-16H,3,17H2,1-2H3. The van der Waals surface area contributed by atoms with Gasteiger partial charge in [0, 0.05) is 18.5 Å². The fourth-order valence-corrected chi connectivity index (χ4v) is 3.52. The highest BCUT2D eigenvalue weighted by Crippen LogP contribution is 2.19. The lowest BCUT2D eigenvalue weighted by atomic mass is 10.1. The second-order valence-electron chi connectivity index (χ2n) is 7.11. The molecule has 3 aromatic carbocycles. The van der Waals surface area contributed by atoms with Gasteiger partial charge in [-0.2, -0.15) is 9.78 Å².